The zero-order chi connectivity index (χ0) is 15.5. The fourth-order valence-corrected chi connectivity index (χ4v) is 2.76. The van der Waals surface area contributed by atoms with Gasteiger partial charge in [-0.15, -0.1) is 5.10 Å². The number of nitrogens with zero attached hydrogens (tertiary/aromatic N) is 2. The van der Waals surface area contributed by atoms with E-state index >= 15 is 0 Å². The molecular formula is C16H12ClN3OS. The van der Waals surface area contributed by atoms with E-state index in [9.17, 15) is 4.79 Å². The highest BCUT2D eigenvalue weighted by molar-refractivity contribution is 7.08. The molecule has 6 heteroatoms. The Morgan fingerprint density at radius 3 is 2.68 bits per heavy atom. The molecule has 0 unspecified atom stereocenters. The molecule has 22 heavy (non-hydrogen) atoms. The van der Waals surface area contributed by atoms with Crippen LogP contribution in [0.3, 0.4) is 0 Å². The number of carbonyl (C=O) groups excluding carboxylic acids is 1. The summed E-state index contributed by atoms with van der Waals surface area (Å²) in [6.07, 6.45) is 0. The van der Waals surface area contributed by atoms with E-state index in [0.29, 0.717) is 15.6 Å². The predicted octanol–water partition coefficient (Wildman–Crippen LogP) is 4.42. The van der Waals surface area contributed by atoms with Gasteiger partial charge in [-0.1, -0.05) is 40.4 Å². The monoisotopic (exact) mass is 329 g/mol. The van der Waals surface area contributed by atoms with Crippen molar-refractivity contribution in [1.82, 2.24) is 9.59 Å². The van der Waals surface area contributed by atoms with E-state index < -0.39 is 0 Å². The van der Waals surface area contributed by atoms with Crippen LogP contribution in [0.2, 0.25) is 5.02 Å². The minimum atomic E-state index is -0.217. The van der Waals surface area contributed by atoms with Crippen LogP contribution >= 0.6 is 23.1 Å². The van der Waals surface area contributed by atoms with Crippen LogP contribution in [0, 0.1) is 6.92 Å². The largest absolute Gasteiger partial charge is 0.321 e. The molecule has 1 heterocycles. The molecule has 0 aliphatic rings. The van der Waals surface area contributed by atoms with E-state index in [1.54, 1.807) is 12.1 Å². The Balaban J connectivity index is 1.88. The smallest absolute Gasteiger partial charge is 0.269 e. The number of nitrogens with one attached hydrogen (secondary N) is 1. The summed E-state index contributed by atoms with van der Waals surface area (Å²) in [4.78, 5) is 12.9. The normalized spacial score (nSPS) is 10.5. The van der Waals surface area contributed by atoms with Gasteiger partial charge in [0.05, 0.1) is 0 Å². The number of hydrogen-bond donors (Lipinski definition) is 1. The fraction of sp³-hybridized carbons (Fsp3) is 0.0625. The zero-order valence-electron chi connectivity index (χ0n) is 11.7. The van der Waals surface area contributed by atoms with Crippen molar-refractivity contribution in [3.8, 4) is 11.3 Å². The van der Waals surface area contributed by atoms with E-state index in [0.717, 1.165) is 28.3 Å². The Labute approximate surface area is 136 Å². The standard InChI is InChI=1S/C16H12ClN3OS/c1-10-3-2-4-13(9-10)18-16(21)15-14(19-20-22-15)11-5-7-12(17)8-6-11/h2-9H,1H3,(H,18,21). The third-order valence-electron chi connectivity index (χ3n) is 3.09. The average molecular weight is 330 g/mol. The van der Waals surface area contributed by atoms with Crippen LogP contribution < -0.4 is 5.32 Å². The molecule has 0 radical (unpaired) electrons. The van der Waals surface area contributed by atoms with Crippen molar-refractivity contribution in [2.45, 2.75) is 6.92 Å². The summed E-state index contributed by atoms with van der Waals surface area (Å²) >= 11 is 6.96. The van der Waals surface area contributed by atoms with Crippen LogP contribution in [0.15, 0.2) is 48.5 Å². The number of aromatic nitrogens is 2. The highest BCUT2D eigenvalue weighted by atomic mass is 35.5. The van der Waals surface area contributed by atoms with Crippen LogP contribution in [0.1, 0.15) is 15.2 Å². The van der Waals surface area contributed by atoms with Crippen molar-refractivity contribution in [3.63, 3.8) is 0 Å². The van der Waals surface area contributed by atoms with Gasteiger partial charge < -0.3 is 5.32 Å². The van der Waals surface area contributed by atoms with Crippen molar-refractivity contribution >= 4 is 34.7 Å². The second kappa shape index (κ2) is 6.25. The van der Waals surface area contributed by atoms with Crippen LogP contribution in [-0.2, 0) is 0 Å². The van der Waals surface area contributed by atoms with E-state index in [-0.39, 0.29) is 5.91 Å². The van der Waals surface area contributed by atoms with Gasteiger partial charge in [0.15, 0.2) is 0 Å². The number of anilines is 1. The molecule has 2 aromatic carbocycles. The molecule has 0 atom stereocenters. The Morgan fingerprint density at radius 2 is 1.95 bits per heavy atom. The van der Waals surface area contributed by atoms with E-state index in [4.69, 9.17) is 11.6 Å². The number of aryl methyl sites for hydroxylation is 1. The summed E-state index contributed by atoms with van der Waals surface area (Å²) in [6, 6.07) is 14.8. The minimum absolute atomic E-state index is 0.217. The second-order valence-electron chi connectivity index (χ2n) is 4.78. The van der Waals surface area contributed by atoms with E-state index in [2.05, 4.69) is 14.9 Å². The SMILES string of the molecule is Cc1cccc(NC(=O)c2snnc2-c2ccc(Cl)cc2)c1. The quantitative estimate of drug-likeness (QED) is 0.774. The number of amides is 1. The van der Waals surface area contributed by atoms with Gasteiger partial charge in [0.25, 0.3) is 5.91 Å². The molecule has 0 aliphatic carbocycles. The molecule has 0 fully saturated rings. The summed E-state index contributed by atoms with van der Waals surface area (Å²) in [6.45, 7) is 1.98. The lowest BCUT2D eigenvalue weighted by Crippen LogP contribution is -2.11. The molecule has 4 nitrogen and oxygen atoms in total. The minimum Gasteiger partial charge on any atom is -0.321 e. The van der Waals surface area contributed by atoms with Gasteiger partial charge in [-0.3, -0.25) is 4.79 Å². The zero-order valence-corrected chi connectivity index (χ0v) is 13.3. The summed E-state index contributed by atoms with van der Waals surface area (Å²) in [5, 5.41) is 7.57. The molecule has 3 aromatic rings. The van der Waals surface area contributed by atoms with Gasteiger partial charge in [0.1, 0.15) is 10.6 Å². The van der Waals surface area contributed by atoms with E-state index in [1.165, 1.54) is 0 Å². The van der Waals surface area contributed by atoms with Gasteiger partial charge in [-0.05, 0) is 48.3 Å². The molecule has 0 bridgehead atoms. The van der Waals surface area contributed by atoms with Crippen molar-refractivity contribution in [3.05, 3.63) is 64.0 Å². The molecule has 0 saturated carbocycles. The number of benzene rings is 2. The Bertz CT molecular complexity index is 814. The highest BCUT2D eigenvalue weighted by Crippen LogP contribution is 2.26. The Kier molecular flexibility index (Phi) is 4.18. The summed E-state index contributed by atoms with van der Waals surface area (Å²) < 4.78 is 3.90. The van der Waals surface area contributed by atoms with Crippen LogP contribution in [0.25, 0.3) is 11.3 Å². The van der Waals surface area contributed by atoms with Crippen molar-refractivity contribution in [2.24, 2.45) is 0 Å². The molecule has 0 spiro atoms. The topological polar surface area (TPSA) is 54.9 Å². The maximum Gasteiger partial charge on any atom is 0.269 e. The molecule has 1 amide bonds. The number of hydrogen-bond acceptors (Lipinski definition) is 4. The lowest BCUT2D eigenvalue weighted by atomic mass is 10.1. The Morgan fingerprint density at radius 1 is 1.18 bits per heavy atom. The molecular weight excluding hydrogens is 318 g/mol. The first-order chi connectivity index (χ1) is 10.6. The van der Waals surface area contributed by atoms with Gasteiger partial charge in [0, 0.05) is 16.3 Å². The molecule has 1 N–H and O–H groups in total. The number of rotatable bonds is 3. The first-order valence-electron chi connectivity index (χ1n) is 6.60. The predicted molar refractivity (Wildman–Crippen MR) is 89.5 cm³/mol. The first-order valence-corrected chi connectivity index (χ1v) is 7.75. The van der Waals surface area contributed by atoms with Crippen molar-refractivity contribution in [1.29, 1.82) is 0 Å². The van der Waals surface area contributed by atoms with Crippen LogP contribution in [0.5, 0.6) is 0 Å². The lowest BCUT2D eigenvalue weighted by molar-refractivity contribution is 0.103. The summed E-state index contributed by atoms with van der Waals surface area (Å²) in [5.74, 6) is -0.217. The summed E-state index contributed by atoms with van der Waals surface area (Å²) in [7, 11) is 0. The molecule has 3 rings (SSSR count). The number of halogens is 1. The van der Waals surface area contributed by atoms with Crippen LogP contribution in [0.4, 0.5) is 5.69 Å². The Hall–Kier alpha value is -2.24. The third kappa shape index (κ3) is 3.16. The highest BCUT2D eigenvalue weighted by Gasteiger charge is 2.18. The van der Waals surface area contributed by atoms with Gasteiger partial charge in [-0.2, -0.15) is 0 Å². The average Bonchev–Trinajstić information content (AvgIpc) is 2.97. The molecule has 0 saturated heterocycles. The fourth-order valence-electron chi connectivity index (χ4n) is 2.05. The van der Waals surface area contributed by atoms with Crippen LogP contribution in [-0.4, -0.2) is 15.5 Å². The third-order valence-corrected chi connectivity index (χ3v) is 4.06. The molecule has 110 valence electrons. The van der Waals surface area contributed by atoms with Gasteiger partial charge in [0.2, 0.25) is 0 Å². The van der Waals surface area contributed by atoms with E-state index in [1.807, 2.05) is 43.3 Å². The first kappa shape index (κ1) is 14.7. The molecule has 1 aromatic heterocycles. The number of carbonyl (C=O) groups is 1. The van der Waals surface area contributed by atoms with Crippen molar-refractivity contribution < 1.29 is 4.79 Å². The lowest BCUT2D eigenvalue weighted by Gasteiger charge is -2.05. The maximum atomic E-state index is 12.4. The maximum absolute atomic E-state index is 12.4. The van der Waals surface area contributed by atoms with Gasteiger partial charge >= 0.3 is 0 Å². The second-order valence-corrected chi connectivity index (χ2v) is 5.97. The van der Waals surface area contributed by atoms with Gasteiger partial charge in [-0.25, -0.2) is 0 Å². The van der Waals surface area contributed by atoms with Crippen molar-refractivity contribution in [2.75, 3.05) is 5.32 Å². The summed E-state index contributed by atoms with van der Waals surface area (Å²) in [5.41, 5.74) is 3.21. The molecule has 0 aliphatic heterocycles.